The number of methoxy groups -OCH3 is 2. The van der Waals surface area contributed by atoms with Crippen LogP contribution in [0.25, 0.3) is 0 Å². The highest BCUT2D eigenvalue weighted by Crippen LogP contribution is 2.55. The molecule has 0 radical (unpaired) electrons. The van der Waals surface area contributed by atoms with E-state index in [4.69, 9.17) is 14.3 Å². The van der Waals surface area contributed by atoms with Gasteiger partial charge in [0.05, 0.1) is 25.8 Å². The molecule has 2 aliphatic carbocycles. The third-order valence-corrected chi connectivity index (χ3v) is 5.95. The van der Waals surface area contributed by atoms with E-state index in [1.807, 2.05) is 18.2 Å². The zero-order chi connectivity index (χ0) is 19.0. The molecule has 0 saturated heterocycles. The van der Waals surface area contributed by atoms with Crippen LogP contribution in [0.1, 0.15) is 37.2 Å². The van der Waals surface area contributed by atoms with Gasteiger partial charge in [0.25, 0.3) is 0 Å². The van der Waals surface area contributed by atoms with Gasteiger partial charge in [0.1, 0.15) is 5.76 Å². The number of ether oxygens (including phenoxy) is 2. The van der Waals surface area contributed by atoms with Gasteiger partial charge in [0.2, 0.25) is 0 Å². The Morgan fingerprint density at radius 3 is 2.44 bits per heavy atom. The Kier molecular flexibility index (Phi) is 4.72. The second kappa shape index (κ2) is 7.18. The van der Waals surface area contributed by atoms with Crippen molar-refractivity contribution in [3.63, 3.8) is 0 Å². The van der Waals surface area contributed by atoms with Gasteiger partial charge in [-0.05, 0) is 36.3 Å². The molecule has 1 heterocycles. The topological polar surface area (TPSA) is 74.2 Å². The zero-order valence-electron chi connectivity index (χ0n) is 15.5. The summed E-state index contributed by atoms with van der Waals surface area (Å²) in [7, 11) is 2.53. The quantitative estimate of drug-likeness (QED) is 0.589. The molecule has 2 bridgehead atoms. The fourth-order valence-corrected chi connectivity index (χ4v) is 4.71. The number of allylic oxidation sites excluding steroid dienone is 2. The number of rotatable bonds is 5. The lowest BCUT2D eigenvalue weighted by molar-refractivity contribution is -0.158. The van der Waals surface area contributed by atoms with Crippen LogP contribution in [0.15, 0.2) is 46.8 Å². The molecule has 1 aromatic rings. The minimum absolute atomic E-state index is 0.0675. The largest absolute Gasteiger partial charge is 0.468 e. The lowest BCUT2D eigenvalue weighted by atomic mass is 9.77. The summed E-state index contributed by atoms with van der Waals surface area (Å²) in [6, 6.07) is 10.1. The number of carbonyl (C=O) groups excluding carboxylic acids is 2. The van der Waals surface area contributed by atoms with Gasteiger partial charge in [-0.25, -0.2) is 0 Å². The van der Waals surface area contributed by atoms with Crippen LogP contribution in [-0.2, 0) is 23.9 Å². The third kappa shape index (κ3) is 3.03. The molecule has 4 rings (SSSR count). The molecule has 1 aliphatic heterocycles. The average Bonchev–Trinajstić information content (AvgIpc) is 3.33. The Labute approximate surface area is 158 Å². The van der Waals surface area contributed by atoms with Crippen LogP contribution < -0.4 is 0 Å². The molecule has 0 N–H and O–H groups in total. The molecule has 0 amide bonds. The molecule has 142 valence electrons. The van der Waals surface area contributed by atoms with Crippen LogP contribution in [0.3, 0.4) is 0 Å². The number of carbonyl (C=O) groups is 2. The second-order valence-corrected chi connectivity index (χ2v) is 7.35. The summed E-state index contributed by atoms with van der Waals surface area (Å²) >= 11 is 0. The van der Waals surface area contributed by atoms with E-state index >= 15 is 0 Å². The summed E-state index contributed by atoms with van der Waals surface area (Å²) in [5, 5.41) is 4.37. The van der Waals surface area contributed by atoms with Gasteiger partial charge in [-0.1, -0.05) is 35.5 Å². The van der Waals surface area contributed by atoms with Gasteiger partial charge < -0.3 is 14.3 Å². The predicted molar refractivity (Wildman–Crippen MR) is 97.7 cm³/mol. The standard InChI is InChI=1S/C21H23NO5/c1-25-20(23)15(21(24)26-2)11-16-17(12-6-4-3-5-7-12)18-13-8-9-14(10-13)19(18)27-22-16/h3-7,13-15,17H,8-11H2,1-2H3/t13?,14?,17-/m0/s1. The van der Waals surface area contributed by atoms with E-state index in [-0.39, 0.29) is 12.3 Å². The average molecular weight is 369 g/mol. The summed E-state index contributed by atoms with van der Waals surface area (Å²) in [6.45, 7) is 0. The fraction of sp³-hybridized carbons (Fsp3) is 0.476. The normalized spacial score (nSPS) is 25.7. The van der Waals surface area contributed by atoms with Crippen molar-refractivity contribution in [2.24, 2.45) is 22.9 Å². The zero-order valence-corrected chi connectivity index (χ0v) is 15.5. The molecule has 6 nitrogen and oxygen atoms in total. The molecule has 3 atom stereocenters. The predicted octanol–water partition coefficient (Wildman–Crippen LogP) is 3.19. The van der Waals surface area contributed by atoms with E-state index in [9.17, 15) is 9.59 Å². The van der Waals surface area contributed by atoms with E-state index < -0.39 is 17.9 Å². The van der Waals surface area contributed by atoms with Crippen LogP contribution >= 0.6 is 0 Å². The molecule has 0 aromatic heterocycles. The van der Waals surface area contributed by atoms with Gasteiger partial charge in [0.15, 0.2) is 5.92 Å². The number of esters is 2. The highest BCUT2D eigenvalue weighted by molar-refractivity contribution is 6.03. The number of hydrogen-bond acceptors (Lipinski definition) is 6. The number of hydrogen-bond donors (Lipinski definition) is 0. The highest BCUT2D eigenvalue weighted by Gasteiger charge is 2.48. The first-order valence-electron chi connectivity index (χ1n) is 9.32. The highest BCUT2D eigenvalue weighted by atomic mass is 16.6. The molecule has 1 saturated carbocycles. The van der Waals surface area contributed by atoms with Crippen LogP contribution in [0.5, 0.6) is 0 Å². The molecule has 1 fully saturated rings. The van der Waals surface area contributed by atoms with Gasteiger partial charge in [0, 0.05) is 12.3 Å². The van der Waals surface area contributed by atoms with E-state index in [1.165, 1.54) is 19.8 Å². The monoisotopic (exact) mass is 369 g/mol. The maximum atomic E-state index is 12.2. The van der Waals surface area contributed by atoms with Gasteiger partial charge in [-0.3, -0.25) is 9.59 Å². The summed E-state index contributed by atoms with van der Waals surface area (Å²) in [5.74, 6) is -0.435. The summed E-state index contributed by atoms with van der Waals surface area (Å²) in [6.07, 6.45) is 3.52. The molecule has 6 heteroatoms. The molecular weight excluding hydrogens is 346 g/mol. The van der Waals surface area contributed by atoms with Crippen molar-refractivity contribution in [3.05, 3.63) is 47.2 Å². The maximum absolute atomic E-state index is 12.2. The van der Waals surface area contributed by atoms with Crippen molar-refractivity contribution in [1.82, 2.24) is 0 Å². The number of oxime groups is 1. The Morgan fingerprint density at radius 1 is 1.11 bits per heavy atom. The Morgan fingerprint density at radius 2 is 1.78 bits per heavy atom. The van der Waals surface area contributed by atoms with Crippen molar-refractivity contribution < 1.29 is 23.9 Å². The molecule has 1 aromatic carbocycles. The first kappa shape index (κ1) is 17.8. The minimum atomic E-state index is -1.05. The Hall–Kier alpha value is -2.63. The van der Waals surface area contributed by atoms with E-state index in [1.54, 1.807) is 0 Å². The number of fused-ring (bicyclic) bond motifs is 4. The first-order valence-corrected chi connectivity index (χ1v) is 9.32. The van der Waals surface area contributed by atoms with Crippen LogP contribution in [-0.4, -0.2) is 31.9 Å². The minimum Gasteiger partial charge on any atom is -0.468 e. The van der Waals surface area contributed by atoms with Crippen molar-refractivity contribution >= 4 is 17.7 Å². The lowest BCUT2D eigenvalue weighted by Crippen LogP contribution is -2.33. The van der Waals surface area contributed by atoms with Crippen molar-refractivity contribution in [1.29, 1.82) is 0 Å². The lowest BCUT2D eigenvalue weighted by Gasteiger charge is -2.31. The van der Waals surface area contributed by atoms with Crippen LogP contribution in [0.4, 0.5) is 0 Å². The first-order chi connectivity index (χ1) is 13.1. The van der Waals surface area contributed by atoms with Crippen LogP contribution in [0, 0.1) is 17.8 Å². The van der Waals surface area contributed by atoms with Gasteiger partial charge >= 0.3 is 11.9 Å². The molecule has 0 spiro atoms. The second-order valence-electron chi connectivity index (χ2n) is 7.35. The van der Waals surface area contributed by atoms with E-state index in [0.29, 0.717) is 17.5 Å². The van der Waals surface area contributed by atoms with E-state index in [2.05, 4.69) is 17.3 Å². The molecule has 27 heavy (non-hydrogen) atoms. The van der Waals surface area contributed by atoms with Crippen molar-refractivity contribution in [3.8, 4) is 0 Å². The molecule has 2 unspecified atom stereocenters. The molecule has 3 aliphatic rings. The van der Waals surface area contributed by atoms with Crippen molar-refractivity contribution in [2.75, 3.05) is 14.2 Å². The summed E-state index contributed by atoms with van der Waals surface area (Å²) in [4.78, 5) is 30.1. The van der Waals surface area contributed by atoms with Gasteiger partial charge in [-0.15, -0.1) is 0 Å². The smallest absolute Gasteiger partial charge is 0.320 e. The van der Waals surface area contributed by atoms with Crippen LogP contribution in [0.2, 0.25) is 0 Å². The molecular formula is C21H23NO5. The third-order valence-electron chi connectivity index (χ3n) is 5.95. The fourth-order valence-electron chi connectivity index (χ4n) is 4.71. The Bertz CT molecular complexity index is 797. The van der Waals surface area contributed by atoms with Crippen molar-refractivity contribution in [2.45, 2.75) is 31.6 Å². The van der Waals surface area contributed by atoms with Gasteiger partial charge in [-0.2, -0.15) is 0 Å². The number of nitrogens with zero attached hydrogens (tertiary/aromatic N) is 1. The SMILES string of the molecule is COC(=O)C(CC1=NOC2=C(C3CCC2C3)[C@H]1c1ccccc1)C(=O)OC. The van der Waals surface area contributed by atoms with E-state index in [0.717, 1.165) is 30.6 Å². The maximum Gasteiger partial charge on any atom is 0.320 e. The Balaban J connectivity index is 1.70. The summed E-state index contributed by atoms with van der Waals surface area (Å²) in [5.41, 5.74) is 3.05. The number of benzene rings is 1. The summed E-state index contributed by atoms with van der Waals surface area (Å²) < 4.78 is 9.61.